The highest BCUT2D eigenvalue weighted by Crippen LogP contribution is 2.33. The molecule has 0 unspecified atom stereocenters. The maximum atomic E-state index is 12.8. The second-order valence-electron chi connectivity index (χ2n) is 8.77. The number of piperidine rings is 1. The number of anilines is 1. The van der Waals surface area contributed by atoms with E-state index in [1.807, 2.05) is 18.2 Å². The fourth-order valence-electron chi connectivity index (χ4n) is 4.32. The maximum Gasteiger partial charge on any atom is 0.322 e. The van der Waals surface area contributed by atoms with Gasteiger partial charge in [-0.1, -0.05) is 36.4 Å². The molecule has 1 aromatic carbocycles. The normalized spacial score (nSPS) is 21.5. The molecule has 0 aliphatic carbocycles. The third-order valence-electron chi connectivity index (χ3n) is 5.87. The molecule has 1 aromatic rings. The van der Waals surface area contributed by atoms with Crippen LogP contribution in [0.25, 0.3) is 5.70 Å². The molecule has 2 saturated heterocycles. The number of hydrogen-bond donors (Lipinski definition) is 1. The number of likely N-dealkylation sites (tertiary alicyclic amines) is 1. The highest BCUT2D eigenvalue weighted by atomic mass is 79.9. The number of hydrogen-bond acceptors (Lipinski definition) is 4. The van der Waals surface area contributed by atoms with Gasteiger partial charge in [-0.3, -0.25) is 4.79 Å². The lowest BCUT2D eigenvalue weighted by molar-refractivity contribution is -0.135. The van der Waals surface area contributed by atoms with Crippen molar-refractivity contribution in [2.24, 2.45) is 11.8 Å². The molecule has 7 nitrogen and oxygen atoms in total. The number of benzene rings is 1. The zero-order valence-electron chi connectivity index (χ0n) is 18.7. The number of carbonyl (C=O) groups is 2. The van der Waals surface area contributed by atoms with Crippen molar-refractivity contribution in [2.45, 2.75) is 20.3 Å². The predicted octanol–water partition coefficient (Wildman–Crippen LogP) is 3.72. The minimum atomic E-state index is -0.321. The Kier molecular flexibility index (Phi) is 8.00. The van der Waals surface area contributed by atoms with Crippen molar-refractivity contribution < 1.29 is 14.3 Å². The minimum absolute atomic E-state index is 0.0276. The van der Waals surface area contributed by atoms with E-state index in [1.54, 1.807) is 11.9 Å². The molecule has 8 heteroatoms. The van der Waals surface area contributed by atoms with E-state index < -0.39 is 0 Å². The average Bonchev–Trinajstić information content (AvgIpc) is 2.74. The topological polar surface area (TPSA) is 65.1 Å². The lowest BCUT2D eigenvalue weighted by Gasteiger charge is -2.38. The third kappa shape index (κ3) is 6.23. The van der Waals surface area contributed by atoms with Crippen LogP contribution < -0.4 is 5.32 Å². The summed E-state index contributed by atoms with van der Waals surface area (Å²) < 4.78 is 6.21. The molecule has 170 valence electrons. The van der Waals surface area contributed by atoms with Crippen LogP contribution in [0.2, 0.25) is 0 Å². The maximum absolute atomic E-state index is 12.8. The predicted molar refractivity (Wildman–Crippen MR) is 127 cm³/mol. The van der Waals surface area contributed by atoms with E-state index in [9.17, 15) is 9.59 Å². The number of nitrogens with one attached hydrogen (secondary N) is 1. The van der Waals surface area contributed by atoms with Crippen molar-refractivity contribution in [3.05, 3.63) is 34.8 Å². The number of halogens is 1. The molecule has 2 aliphatic heterocycles. The first-order chi connectivity index (χ1) is 14.7. The van der Waals surface area contributed by atoms with Gasteiger partial charge in [0.2, 0.25) is 5.91 Å². The van der Waals surface area contributed by atoms with E-state index in [0.29, 0.717) is 43.8 Å². The number of morpholine rings is 1. The first kappa shape index (κ1) is 23.6. The van der Waals surface area contributed by atoms with Crippen LogP contribution in [0.5, 0.6) is 0 Å². The van der Waals surface area contributed by atoms with Crippen LogP contribution in [-0.4, -0.2) is 79.6 Å². The molecule has 0 bridgehead atoms. The molecular formula is C23H33BrN4O3. The summed E-state index contributed by atoms with van der Waals surface area (Å²) in [5, 5.41) is 2.97. The molecule has 0 spiro atoms. The third-order valence-corrected chi connectivity index (χ3v) is 6.36. The molecule has 2 aliphatic rings. The first-order valence-electron chi connectivity index (χ1n) is 10.9. The molecule has 2 atom stereocenters. The lowest BCUT2D eigenvalue weighted by atomic mass is 9.91. The summed E-state index contributed by atoms with van der Waals surface area (Å²) in [6.45, 7) is 13.0. The second kappa shape index (κ2) is 10.5. The molecule has 0 aromatic heterocycles. The van der Waals surface area contributed by atoms with Crippen molar-refractivity contribution in [3.8, 4) is 0 Å². The van der Waals surface area contributed by atoms with Crippen molar-refractivity contribution in [1.29, 1.82) is 0 Å². The van der Waals surface area contributed by atoms with Gasteiger partial charge in [0, 0.05) is 49.0 Å². The van der Waals surface area contributed by atoms with E-state index in [-0.39, 0.29) is 18.5 Å². The summed E-state index contributed by atoms with van der Waals surface area (Å²) in [6.07, 6.45) is 1.22. The largest absolute Gasteiger partial charge is 0.378 e. The van der Waals surface area contributed by atoms with Gasteiger partial charge in [-0.05, 0) is 36.5 Å². The zero-order chi connectivity index (χ0) is 22.5. The van der Waals surface area contributed by atoms with Gasteiger partial charge in [-0.15, -0.1) is 0 Å². The Morgan fingerprint density at radius 1 is 1.19 bits per heavy atom. The smallest absolute Gasteiger partial charge is 0.322 e. The molecule has 1 N–H and O–H groups in total. The minimum Gasteiger partial charge on any atom is -0.378 e. The van der Waals surface area contributed by atoms with Crippen LogP contribution in [0, 0.1) is 11.8 Å². The summed E-state index contributed by atoms with van der Waals surface area (Å²) in [5.74, 6) is 1.13. The van der Waals surface area contributed by atoms with Gasteiger partial charge in [0.25, 0.3) is 0 Å². The Morgan fingerprint density at radius 3 is 2.48 bits per heavy atom. The number of urea groups is 1. The van der Waals surface area contributed by atoms with Crippen LogP contribution in [-0.2, 0) is 9.53 Å². The number of rotatable bonds is 5. The van der Waals surface area contributed by atoms with Gasteiger partial charge < -0.3 is 24.8 Å². The molecule has 31 heavy (non-hydrogen) atoms. The van der Waals surface area contributed by atoms with Crippen LogP contribution in [0.4, 0.5) is 10.5 Å². The first-order valence-corrected chi connectivity index (χ1v) is 11.6. The van der Waals surface area contributed by atoms with E-state index in [1.165, 1.54) is 11.3 Å². The van der Waals surface area contributed by atoms with Crippen LogP contribution >= 0.6 is 15.9 Å². The monoisotopic (exact) mass is 492 g/mol. The lowest BCUT2D eigenvalue weighted by Crippen LogP contribution is -2.46. The number of ether oxygens (including phenoxy) is 1. The van der Waals surface area contributed by atoms with E-state index in [4.69, 9.17) is 4.74 Å². The fourth-order valence-corrected chi connectivity index (χ4v) is 4.68. The van der Waals surface area contributed by atoms with Crippen molar-refractivity contribution in [1.82, 2.24) is 14.7 Å². The van der Waals surface area contributed by atoms with Crippen molar-refractivity contribution >= 4 is 39.3 Å². The number of amides is 3. The Bertz CT molecular complexity index is 815. The zero-order valence-corrected chi connectivity index (χ0v) is 20.3. The standard InChI is InChI=1S/C23H33BrN4O3/c1-16-11-17(2)14-28(13-16)18(3)20-12-19(24)5-6-21(20)25-23(30)26(4)15-22(29)27-7-9-31-10-8-27/h5-6,12,16-17H,3,7-11,13-15H2,1-2,4H3,(H,25,30)/t16-,17+. The Hall–Kier alpha value is -2.06. The summed E-state index contributed by atoms with van der Waals surface area (Å²) in [4.78, 5) is 30.8. The molecule has 2 heterocycles. The fraction of sp³-hybridized carbons (Fsp3) is 0.565. The quantitative estimate of drug-likeness (QED) is 0.679. The Labute approximate surface area is 193 Å². The van der Waals surface area contributed by atoms with Gasteiger partial charge in [0.1, 0.15) is 6.54 Å². The SMILES string of the molecule is C=C(c1cc(Br)ccc1NC(=O)N(C)CC(=O)N1CCOCC1)N1C[C@H](C)C[C@H](C)C1. The van der Waals surface area contributed by atoms with Gasteiger partial charge in [-0.2, -0.15) is 0 Å². The number of nitrogens with zero attached hydrogens (tertiary/aromatic N) is 3. The molecule has 3 rings (SSSR count). The Balaban J connectivity index is 1.68. The molecular weight excluding hydrogens is 460 g/mol. The van der Waals surface area contributed by atoms with E-state index >= 15 is 0 Å². The van der Waals surface area contributed by atoms with Gasteiger partial charge >= 0.3 is 6.03 Å². The summed E-state index contributed by atoms with van der Waals surface area (Å²) in [6, 6.07) is 5.43. The van der Waals surface area contributed by atoms with Crippen LogP contribution in [0.1, 0.15) is 25.8 Å². The van der Waals surface area contributed by atoms with E-state index in [0.717, 1.165) is 28.8 Å². The van der Waals surface area contributed by atoms with Gasteiger partial charge in [0.15, 0.2) is 0 Å². The highest BCUT2D eigenvalue weighted by Gasteiger charge is 2.25. The van der Waals surface area contributed by atoms with Gasteiger partial charge in [-0.25, -0.2) is 4.79 Å². The second-order valence-corrected chi connectivity index (χ2v) is 9.68. The van der Waals surface area contributed by atoms with Crippen molar-refractivity contribution in [3.63, 3.8) is 0 Å². The summed E-state index contributed by atoms with van der Waals surface area (Å²) in [7, 11) is 1.63. The molecule has 0 radical (unpaired) electrons. The Morgan fingerprint density at radius 2 is 1.84 bits per heavy atom. The highest BCUT2D eigenvalue weighted by molar-refractivity contribution is 9.10. The van der Waals surface area contributed by atoms with Crippen molar-refractivity contribution in [2.75, 3.05) is 58.3 Å². The van der Waals surface area contributed by atoms with Crippen LogP contribution in [0.3, 0.4) is 0 Å². The summed E-state index contributed by atoms with van der Waals surface area (Å²) >= 11 is 3.54. The van der Waals surface area contributed by atoms with Crippen LogP contribution in [0.15, 0.2) is 29.3 Å². The number of likely N-dealkylation sites (N-methyl/N-ethyl adjacent to an activating group) is 1. The van der Waals surface area contributed by atoms with E-state index in [2.05, 4.69) is 46.6 Å². The molecule has 0 saturated carbocycles. The number of carbonyl (C=O) groups excluding carboxylic acids is 2. The molecule has 3 amide bonds. The average molecular weight is 493 g/mol. The molecule has 2 fully saturated rings. The summed E-state index contributed by atoms with van der Waals surface area (Å²) in [5.41, 5.74) is 2.48. The van der Waals surface area contributed by atoms with Gasteiger partial charge in [0.05, 0.1) is 18.9 Å².